The Labute approximate surface area is 105 Å². The number of hydrogen-bond donors (Lipinski definition) is 3. The standard InChI is InChI=1S/C12H16FN3O2/c1-3-14-12(18)16-11(17)7-15-9-5-4-8(2)10(13)6-9/h4-6,15H,3,7H2,1-2H3,(H2,14,16,17,18). The van der Waals surface area contributed by atoms with Gasteiger partial charge in [-0.05, 0) is 31.5 Å². The molecule has 0 atom stereocenters. The van der Waals surface area contributed by atoms with Gasteiger partial charge in [0.2, 0.25) is 5.91 Å². The fourth-order valence-corrected chi connectivity index (χ4v) is 1.26. The number of benzene rings is 1. The highest BCUT2D eigenvalue weighted by Crippen LogP contribution is 2.12. The quantitative estimate of drug-likeness (QED) is 0.759. The SMILES string of the molecule is CCNC(=O)NC(=O)CNc1ccc(C)c(F)c1. The zero-order valence-electron chi connectivity index (χ0n) is 10.3. The van der Waals surface area contributed by atoms with Crippen molar-refractivity contribution in [2.24, 2.45) is 0 Å². The van der Waals surface area contributed by atoms with E-state index in [1.54, 1.807) is 26.0 Å². The van der Waals surface area contributed by atoms with Gasteiger partial charge in [-0.15, -0.1) is 0 Å². The second kappa shape index (κ2) is 6.58. The first-order valence-electron chi connectivity index (χ1n) is 5.60. The van der Waals surface area contributed by atoms with Gasteiger partial charge in [0, 0.05) is 12.2 Å². The topological polar surface area (TPSA) is 70.2 Å². The number of hydrogen-bond acceptors (Lipinski definition) is 3. The van der Waals surface area contributed by atoms with Crippen molar-refractivity contribution in [3.63, 3.8) is 0 Å². The van der Waals surface area contributed by atoms with Gasteiger partial charge in [-0.25, -0.2) is 9.18 Å². The van der Waals surface area contributed by atoms with E-state index in [0.717, 1.165) is 0 Å². The van der Waals surface area contributed by atoms with Crippen molar-refractivity contribution in [3.8, 4) is 0 Å². The second-order valence-electron chi connectivity index (χ2n) is 3.73. The third kappa shape index (κ3) is 4.40. The largest absolute Gasteiger partial charge is 0.376 e. The van der Waals surface area contributed by atoms with Crippen molar-refractivity contribution in [1.82, 2.24) is 10.6 Å². The molecule has 3 amide bonds. The smallest absolute Gasteiger partial charge is 0.321 e. The van der Waals surface area contributed by atoms with Crippen LogP contribution in [-0.4, -0.2) is 25.0 Å². The molecule has 0 aliphatic heterocycles. The Bertz CT molecular complexity index is 449. The molecule has 1 aromatic carbocycles. The summed E-state index contributed by atoms with van der Waals surface area (Å²) in [6.45, 7) is 3.74. The number of anilines is 1. The summed E-state index contributed by atoms with van der Waals surface area (Å²) >= 11 is 0. The molecule has 0 spiro atoms. The van der Waals surface area contributed by atoms with Gasteiger partial charge in [0.15, 0.2) is 0 Å². The molecule has 0 aliphatic carbocycles. The van der Waals surface area contributed by atoms with Crippen molar-refractivity contribution in [1.29, 1.82) is 0 Å². The van der Waals surface area contributed by atoms with Crippen molar-refractivity contribution in [3.05, 3.63) is 29.6 Å². The highest BCUT2D eigenvalue weighted by atomic mass is 19.1. The summed E-state index contributed by atoms with van der Waals surface area (Å²) in [5, 5.41) is 7.29. The van der Waals surface area contributed by atoms with Crippen LogP contribution >= 0.6 is 0 Å². The predicted molar refractivity (Wildman–Crippen MR) is 66.8 cm³/mol. The van der Waals surface area contributed by atoms with Crippen LogP contribution in [0.5, 0.6) is 0 Å². The lowest BCUT2D eigenvalue weighted by molar-refractivity contribution is -0.118. The number of rotatable bonds is 4. The zero-order valence-corrected chi connectivity index (χ0v) is 10.3. The average Bonchev–Trinajstić information content (AvgIpc) is 2.31. The van der Waals surface area contributed by atoms with E-state index < -0.39 is 11.9 Å². The Morgan fingerprint density at radius 3 is 2.67 bits per heavy atom. The molecular formula is C12H16FN3O2. The number of carbonyl (C=O) groups is 2. The van der Waals surface area contributed by atoms with Crippen molar-refractivity contribution < 1.29 is 14.0 Å². The van der Waals surface area contributed by atoms with Crippen LogP contribution in [0.4, 0.5) is 14.9 Å². The molecule has 0 heterocycles. The van der Waals surface area contributed by atoms with Crippen LogP contribution in [0.3, 0.4) is 0 Å². The highest BCUT2D eigenvalue weighted by Gasteiger charge is 2.06. The van der Waals surface area contributed by atoms with Crippen LogP contribution in [0.2, 0.25) is 0 Å². The molecule has 1 aromatic rings. The Balaban J connectivity index is 2.42. The van der Waals surface area contributed by atoms with E-state index >= 15 is 0 Å². The minimum atomic E-state index is -0.542. The van der Waals surface area contributed by atoms with E-state index in [9.17, 15) is 14.0 Å². The van der Waals surface area contributed by atoms with Crippen LogP contribution < -0.4 is 16.0 Å². The van der Waals surface area contributed by atoms with Crippen LogP contribution in [0.15, 0.2) is 18.2 Å². The molecule has 6 heteroatoms. The van der Waals surface area contributed by atoms with E-state index in [1.165, 1.54) is 6.07 Å². The zero-order chi connectivity index (χ0) is 13.5. The van der Waals surface area contributed by atoms with Gasteiger partial charge in [0.1, 0.15) is 5.82 Å². The van der Waals surface area contributed by atoms with Gasteiger partial charge in [-0.1, -0.05) is 6.07 Å². The van der Waals surface area contributed by atoms with Crippen molar-refractivity contribution >= 4 is 17.6 Å². The molecule has 0 aliphatic rings. The highest BCUT2D eigenvalue weighted by molar-refractivity contribution is 5.96. The molecule has 0 saturated carbocycles. The first-order valence-corrected chi connectivity index (χ1v) is 5.60. The lowest BCUT2D eigenvalue weighted by Gasteiger charge is -2.08. The maximum atomic E-state index is 13.2. The number of halogens is 1. The molecule has 0 radical (unpaired) electrons. The van der Waals surface area contributed by atoms with Crippen molar-refractivity contribution in [2.75, 3.05) is 18.4 Å². The van der Waals surface area contributed by atoms with E-state index in [0.29, 0.717) is 17.8 Å². The Kier molecular flexibility index (Phi) is 5.10. The fraction of sp³-hybridized carbons (Fsp3) is 0.333. The molecular weight excluding hydrogens is 237 g/mol. The second-order valence-corrected chi connectivity index (χ2v) is 3.73. The fourth-order valence-electron chi connectivity index (χ4n) is 1.26. The third-order valence-electron chi connectivity index (χ3n) is 2.22. The summed E-state index contributed by atoms with van der Waals surface area (Å²) in [6, 6.07) is 4.03. The first kappa shape index (κ1) is 14.0. The van der Waals surface area contributed by atoms with Crippen LogP contribution in [0.1, 0.15) is 12.5 Å². The normalized spacial score (nSPS) is 9.72. The van der Waals surface area contributed by atoms with Gasteiger partial charge in [0.05, 0.1) is 6.54 Å². The van der Waals surface area contributed by atoms with Gasteiger partial charge < -0.3 is 10.6 Å². The lowest BCUT2D eigenvalue weighted by Crippen LogP contribution is -2.41. The Hall–Kier alpha value is -2.11. The summed E-state index contributed by atoms with van der Waals surface area (Å²) in [7, 11) is 0. The molecule has 1 rings (SSSR count). The van der Waals surface area contributed by atoms with Gasteiger partial charge in [-0.2, -0.15) is 0 Å². The number of nitrogens with one attached hydrogen (secondary N) is 3. The summed E-state index contributed by atoms with van der Waals surface area (Å²) in [5.41, 5.74) is 1.02. The molecule has 0 unspecified atom stereocenters. The number of carbonyl (C=O) groups excluding carboxylic acids is 2. The number of aryl methyl sites for hydroxylation is 1. The van der Waals surface area contributed by atoms with E-state index in [1.807, 2.05) is 0 Å². The molecule has 0 saturated heterocycles. The van der Waals surface area contributed by atoms with Gasteiger partial charge >= 0.3 is 6.03 Å². The Morgan fingerprint density at radius 1 is 1.33 bits per heavy atom. The summed E-state index contributed by atoms with van der Waals surface area (Å²) < 4.78 is 13.2. The molecule has 3 N–H and O–H groups in total. The van der Waals surface area contributed by atoms with E-state index in [4.69, 9.17) is 0 Å². The van der Waals surface area contributed by atoms with Crippen molar-refractivity contribution in [2.45, 2.75) is 13.8 Å². The van der Waals surface area contributed by atoms with Gasteiger partial charge in [-0.3, -0.25) is 10.1 Å². The molecule has 5 nitrogen and oxygen atoms in total. The third-order valence-corrected chi connectivity index (χ3v) is 2.22. The first-order chi connectivity index (χ1) is 8.52. The minimum Gasteiger partial charge on any atom is -0.376 e. The number of urea groups is 1. The summed E-state index contributed by atoms with van der Waals surface area (Å²) in [5.74, 6) is -0.828. The van der Waals surface area contributed by atoms with E-state index in [-0.39, 0.29) is 12.4 Å². The monoisotopic (exact) mass is 253 g/mol. The van der Waals surface area contributed by atoms with Crippen LogP contribution in [0.25, 0.3) is 0 Å². The average molecular weight is 253 g/mol. The maximum Gasteiger partial charge on any atom is 0.321 e. The van der Waals surface area contributed by atoms with Crippen LogP contribution in [-0.2, 0) is 4.79 Å². The molecule has 98 valence electrons. The lowest BCUT2D eigenvalue weighted by atomic mass is 10.2. The molecule has 18 heavy (non-hydrogen) atoms. The molecule has 0 fully saturated rings. The van der Waals surface area contributed by atoms with Gasteiger partial charge in [0.25, 0.3) is 0 Å². The number of amides is 3. The summed E-state index contributed by atoms with van der Waals surface area (Å²) in [6.07, 6.45) is 0. The van der Waals surface area contributed by atoms with Crippen LogP contribution in [0, 0.1) is 12.7 Å². The predicted octanol–water partition coefficient (Wildman–Crippen LogP) is 1.39. The summed E-state index contributed by atoms with van der Waals surface area (Å²) in [4.78, 5) is 22.4. The number of imide groups is 1. The molecule has 0 bridgehead atoms. The minimum absolute atomic E-state index is 0.0976. The van der Waals surface area contributed by atoms with E-state index in [2.05, 4.69) is 16.0 Å². The Morgan fingerprint density at radius 2 is 2.06 bits per heavy atom. The molecule has 0 aromatic heterocycles. The maximum absolute atomic E-state index is 13.2.